The number of imidazole rings is 1. The average molecular weight is 264 g/mol. The van der Waals surface area contributed by atoms with Gasteiger partial charge >= 0.3 is 0 Å². The number of aryl methyl sites for hydroxylation is 1. The second-order valence-corrected chi connectivity index (χ2v) is 4.66. The van der Waals surface area contributed by atoms with E-state index >= 15 is 0 Å². The number of rotatable bonds is 6. The molecule has 0 saturated carbocycles. The van der Waals surface area contributed by atoms with Crippen molar-refractivity contribution < 1.29 is 0 Å². The van der Waals surface area contributed by atoms with Crippen LogP contribution in [0.5, 0.6) is 0 Å². The van der Waals surface area contributed by atoms with E-state index < -0.39 is 0 Å². The summed E-state index contributed by atoms with van der Waals surface area (Å²) in [7, 11) is 0. The number of benzene rings is 1. The molecule has 0 spiro atoms. The van der Waals surface area contributed by atoms with Gasteiger partial charge in [0.25, 0.3) is 0 Å². The molecule has 18 heavy (non-hydrogen) atoms. The van der Waals surface area contributed by atoms with Crippen LogP contribution in [-0.2, 0) is 13.0 Å². The molecule has 0 aliphatic carbocycles. The van der Waals surface area contributed by atoms with Crippen LogP contribution in [0.4, 0.5) is 5.69 Å². The summed E-state index contributed by atoms with van der Waals surface area (Å²) in [5.41, 5.74) is 1.09. The maximum Gasteiger partial charge on any atom is 0.108 e. The van der Waals surface area contributed by atoms with Crippen LogP contribution in [0.1, 0.15) is 19.2 Å². The molecular weight excluding hydrogens is 246 g/mol. The lowest BCUT2D eigenvalue weighted by Crippen LogP contribution is -2.12. The van der Waals surface area contributed by atoms with Gasteiger partial charge in [0.05, 0.1) is 0 Å². The van der Waals surface area contributed by atoms with E-state index in [0.29, 0.717) is 0 Å². The summed E-state index contributed by atoms with van der Waals surface area (Å²) in [5, 5.41) is 4.14. The number of hydrogen-bond donors (Lipinski definition) is 1. The number of nitrogens with one attached hydrogen (secondary N) is 1. The van der Waals surface area contributed by atoms with Crippen molar-refractivity contribution in [3.05, 3.63) is 47.5 Å². The summed E-state index contributed by atoms with van der Waals surface area (Å²) in [4.78, 5) is 4.36. The minimum atomic E-state index is 0.764. The normalized spacial score (nSPS) is 10.6. The van der Waals surface area contributed by atoms with E-state index in [-0.39, 0.29) is 0 Å². The van der Waals surface area contributed by atoms with Crippen LogP contribution in [0.15, 0.2) is 36.7 Å². The van der Waals surface area contributed by atoms with E-state index in [1.165, 1.54) is 0 Å². The summed E-state index contributed by atoms with van der Waals surface area (Å²) in [6, 6.07) is 7.76. The first kappa shape index (κ1) is 13.0. The van der Waals surface area contributed by atoms with Gasteiger partial charge in [0.2, 0.25) is 0 Å². The van der Waals surface area contributed by atoms with Gasteiger partial charge in [-0.15, -0.1) is 0 Å². The van der Waals surface area contributed by atoms with Gasteiger partial charge in [-0.3, -0.25) is 0 Å². The molecule has 4 heteroatoms. The fourth-order valence-corrected chi connectivity index (χ4v) is 2.01. The zero-order chi connectivity index (χ0) is 12.8. The van der Waals surface area contributed by atoms with Gasteiger partial charge < -0.3 is 9.88 Å². The zero-order valence-corrected chi connectivity index (χ0v) is 11.3. The number of nitrogens with zero attached hydrogens (tertiary/aromatic N) is 2. The summed E-state index contributed by atoms with van der Waals surface area (Å²) >= 11 is 5.84. The predicted molar refractivity (Wildman–Crippen MR) is 76.2 cm³/mol. The molecule has 0 saturated heterocycles. The van der Waals surface area contributed by atoms with Crippen LogP contribution in [-0.4, -0.2) is 16.1 Å². The smallest absolute Gasteiger partial charge is 0.108 e. The quantitative estimate of drug-likeness (QED) is 0.863. The molecule has 1 heterocycles. The van der Waals surface area contributed by atoms with Crippen LogP contribution < -0.4 is 5.32 Å². The number of hydrogen-bond acceptors (Lipinski definition) is 2. The first-order chi connectivity index (χ1) is 8.79. The highest BCUT2D eigenvalue weighted by Gasteiger charge is 2.00. The molecular formula is C14H18ClN3. The van der Waals surface area contributed by atoms with E-state index in [0.717, 1.165) is 42.5 Å². The third-order valence-corrected chi connectivity index (χ3v) is 3.05. The molecule has 0 unspecified atom stereocenters. The van der Waals surface area contributed by atoms with Crippen LogP contribution >= 0.6 is 11.6 Å². The molecule has 0 aliphatic heterocycles. The Morgan fingerprint density at radius 3 is 2.78 bits per heavy atom. The topological polar surface area (TPSA) is 29.9 Å². The first-order valence-electron chi connectivity index (χ1n) is 6.29. The van der Waals surface area contributed by atoms with Crippen molar-refractivity contribution in [1.82, 2.24) is 9.55 Å². The van der Waals surface area contributed by atoms with Gasteiger partial charge in [-0.25, -0.2) is 4.98 Å². The second-order valence-electron chi connectivity index (χ2n) is 4.22. The van der Waals surface area contributed by atoms with E-state index in [9.17, 15) is 0 Å². The summed E-state index contributed by atoms with van der Waals surface area (Å²) in [6.07, 6.45) is 6.07. The van der Waals surface area contributed by atoms with Crippen LogP contribution in [0.25, 0.3) is 0 Å². The minimum Gasteiger partial charge on any atom is -0.383 e. The Kier molecular flexibility index (Phi) is 4.65. The SMILES string of the molecule is CCCc1nccn1CCNc1ccc(Cl)cc1. The van der Waals surface area contributed by atoms with Crippen molar-refractivity contribution in [3.63, 3.8) is 0 Å². The lowest BCUT2D eigenvalue weighted by Gasteiger charge is -2.09. The van der Waals surface area contributed by atoms with Crippen LogP contribution in [0.3, 0.4) is 0 Å². The third-order valence-electron chi connectivity index (χ3n) is 2.80. The van der Waals surface area contributed by atoms with Crippen LogP contribution in [0, 0.1) is 0 Å². The Labute approximate surface area is 113 Å². The van der Waals surface area contributed by atoms with E-state index in [4.69, 9.17) is 11.6 Å². The Hall–Kier alpha value is -1.48. The molecule has 0 amide bonds. The van der Waals surface area contributed by atoms with Gasteiger partial charge in [-0.2, -0.15) is 0 Å². The lowest BCUT2D eigenvalue weighted by molar-refractivity contribution is 0.663. The highest BCUT2D eigenvalue weighted by atomic mass is 35.5. The monoisotopic (exact) mass is 263 g/mol. The number of aromatic nitrogens is 2. The molecule has 0 aliphatic rings. The van der Waals surface area contributed by atoms with Gasteiger partial charge in [0.15, 0.2) is 0 Å². The van der Waals surface area contributed by atoms with Crippen molar-refractivity contribution in [2.45, 2.75) is 26.3 Å². The Balaban J connectivity index is 1.84. The maximum absolute atomic E-state index is 5.84. The highest BCUT2D eigenvalue weighted by molar-refractivity contribution is 6.30. The van der Waals surface area contributed by atoms with Gasteiger partial charge in [-0.1, -0.05) is 18.5 Å². The summed E-state index contributed by atoms with van der Waals surface area (Å²) in [5.74, 6) is 1.16. The molecule has 3 nitrogen and oxygen atoms in total. The Morgan fingerprint density at radius 1 is 1.28 bits per heavy atom. The molecule has 0 atom stereocenters. The fourth-order valence-electron chi connectivity index (χ4n) is 1.88. The van der Waals surface area contributed by atoms with E-state index in [2.05, 4.69) is 21.8 Å². The molecule has 2 aromatic rings. The maximum atomic E-state index is 5.84. The third kappa shape index (κ3) is 3.50. The zero-order valence-electron chi connectivity index (χ0n) is 10.6. The van der Waals surface area contributed by atoms with Crippen molar-refractivity contribution >= 4 is 17.3 Å². The second kappa shape index (κ2) is 6.45. The van der Waals surface area contributed by atoms with Crippen LogP contribution in [0.2, 0.25) is 5.02 Å². The van der Waals surface area contributed by atoms with E-state index in [1.54, 1.807) is 0 Å². The Bertz CT molecular complexity index is 476. The van der Waals surface area contributed by atoms with Crippen molar-refractivity contribution in [2.24, 2.45) is 0 Å². The molecule has 96 valence electrons. The van der Waals surface area contributed by atoms with Crippen molar-refractivity contribution in [3.8, 4) is 0 Å². The number of anilines is 1. The minimum absolute atomic E-state index is 0.764. The number of halogens is 1. The summed E-state index contributed by atoms with van der Waals surface area (Å²) < 4.78 is 2.20. The molecule has 1 aromatic heterocycles. The molecule has 0 bridgehead atoms. The largest absolute Gasteiger partial charge is 0.383 e. The molecule has 1 N–H and O–H groups in total. The average Bonchev–Trinajstić information content (AvgIpc) is 2.80. The lowest BCUT2D eigenvalue weighted by atomic mass is 10.3. The molecule has 2 rings (SSSR count). The van der Waals surface area contributed by atoms with Gasteiger partial charge in [0, 0.05) is 42.6 Å². The van der Waals surface area contributed by atoms with Gasteiger partial charge in [-0.05, 0) is 30.7 Å². The fraction of sp³-hybridized carbons (Fsp3) is 0.357. The summed E-state index contributed by atoms with van der Waals surface area (Å²) in [6.45, 7) is 3.98. The van der Waals surface area contributed by atoms with E-state index in [1.807, 2.05) is 36.7 Å². The first-order valence-corrected chi connectivity index (χ1v) is 6.67. The van der Waals surface area contributed by atoms with Crippen molar-refractivity contribution in [2.75, 3.05) is 11.9 Å². The molecule has 0 fully saturated rings. The predicted octanol–water partition coefficient (Wildman–Crippen LogP) is 3.60. The van der Waals surface area contributed by atoms with Crippen molar-refractivity contribution in [1.29, 1.82) is 0 Å². The standard InChI is InChI=1S/C14H18ClN3/c1-2-3-14-17-9-11-18(14)10-8-16-13-6-4-12(15)5-7-13/h4-7,9,11,16H,2-3,8,10H2,1H3. The van der Waals surface area contributed by atoms with Gasteiger partial charge in [0.1, 0.15) is 5.82 Å². The molecule has 1 aromatic carbocycles. The Morgan fingerprint density at radius 2 is 2.06 bits per heavy atom. The molecule has 0 radical (unpaired) electrons. The highest BCUT2D eigenvalue weighted by Crippen LogP contribution is 2.13.